The number of alkyl halides is 3. The van der Waals surface area contributed by atoms with Gasteiger partial charge in [0.25, 0.3) is 5.91 Å². The summed E-state index contributed by atoms with van der Waals surface area (Å²) in [4.78, 5) is 13.6. The molecule has 252 valence electrons. The van der Waals surface area contributed by atoms with Crippen molar-refractivity contribution in [1.29, 1.82) is 5.26 Å². The quantitative estimate of drug-likeness (QED) is 0.117. The third-order valence-corrected chi connectivity index (χ3v) is 8.05. The summed E-state index contributed by atoms with van der Waals surface area (Å²) in [5, 5.41) is 19.5. The molecule has 1 heterocycles. The van der Waals surface area contributed by atoms with E-state index < -0.39 is 17.8 Å². The second-order valence-corrected chi connectivity index (χ2v) is 12.0. The fraction of sp³-hybridized carbons (Fsp3) is 0.378. The van der Waals surface area contributed by atoms with E-state index in [1.165, 1.54) is 24.3 Å². The number of unbranched alkanes of at least 4 members (excludes halogenated alkanes) is 2. The molecule has 0 saturated heterocycles. The van der Waals surface area contributed by atoms with Gasteiger partial charge in [-0.25, -0.2) is 4.68 Å². The summed E-state index contributed by atoms with van der Waals surface area (Å²) < 4.78 is 54.4. The minimum atomic E-state index is -4.78. The van der Waals surface area contributed by atoms with Crippen LogP contribution in [0.3, 0.4) is 0 Å². The first-order chi connectivity index (χ1) is 23.2. The van der Waals surface area contributed by atoms with Crippen molar-refractivity contribution < 1.29 is 27.4 Å². The summed E-state index contributed by atoms with van der Waals surface area (Å²) >= 11 is 0. The van der Waals surface area contributed by atoms with Crippen molar-refractivity contribution in [3.8, 4) is 23.3 Å². The van der Waals surface area contributed by atoms with Gasteiger partial charge in [-0.2, -0.15) is 23.5 Å². The predicted octanol–water partition coefficient (Wildman–Crippen LogP) is 8.46. The molecule has 1 amide bonds. The Kier molecular flexibility index (Phi) is 11.4. The Morgan fingerprint density at radius 2 is 1.75 bits per heavy atom. The number of carbonyl (C=O) groups is 1. The summed E-state index contributed by atoms with van der Waals surface area (Å²) in [5.41, 5.74) is 0.967. The molecule has 0 bridgehead atoms. The minimum Gasteiger partial charge on any atom is -0.494 e. The SMILES string of the molecule is CCCCOc1ccc(OCCCC)c(C(NCC2CC2)c2cccc(NC(=O)c3cc(C(F)(F)F)nn3-c3cccc(C#N)c3)c2)c1. The van der Waals surface area contributed by atoms with Crippen LogP contribution in [-0.4, -0.2) is 35.4 Å². The zero-order valence-electron chi connectivity index (χ0n) is 27.1. The van der Waals surface area contributed by atoms with E-state index in [2.05, 4.69) is 29.6 Å². The zero-order chi connectivity index (χ0) is 34.1. The zero-order valence-corrected chi connectivity index (χ0v) is 27.1. The van der Waals surface area contributed by atoms with Crippen LogP contribution in [0.2, 0.25) is 0 Å². The van der Waals surface area contributed by atoms with Gasteiger partial charge in [0.2, 0.25) is 0 Å². The molecule has 8 nitrogen and oxygen atoms in total. The molecule has 0 aliphatic heterocycles. The summed E-state index contributed by atoms with van der Waals surface area (Å²) in [7, 11) is 0. The molecule has 11 heteroatoms. The van der Waals surface area contributed by atoms with E-state index in [0.717, 1.165) is 72.4 Å². The summed E-state index contributed by atoms with van der Waals surface area (Å²) in [6.07, 6.45) is 1.37. The number of ether oxygens (including phenoxy) is 2. The number of benzene rings is 3. The molecule has 1 saturated carbocycles. The first-order valence-corrected chi connectivity index (χ1v) is 16.4. The van der Waals surface area contributed by atoms with Crippen LogP contribution in [0.1, 0.15) is 91.3 Å². The number of hydrogen-bond acceptors (Lipinski definition) is 6. The largest absolute Gasteiger partial charge is 0.494 e. The molecular weight excluding hydrogens is 619 g/mol. The van der Waals surface area contributed by atoms with Gasteiger partial charge in [0.1, 0.15) is 17.2 Å². The van der Waals surface area contributed by atoms with Gasteiger partial charge in [-0.15, -0.1) is 0 Å². The summed E-state index contributed by atoms with van der Waals surface area (Å²) in [6, 6.07) is 21.3. The normalized spacial score (nSPS) is 13.5. The number of halogens is 3. The number of aromatic nitrogens is 2. The molecule has 1 unspecified atom stereocenters. The highest BCUT2D eigenvalue weighted by Crippen LogP contribution is 2.37. The molecule has 3 aromatic carbocycles. The topological polar surface area (TPSA) is 101 Å². The van der Waals surface area contributed by atoms with Crippen molar-refractivity contribution in [2.45, 2.75) is 64.6 Å². The van der Waals surface area contributed by atoms with Crippen LogP contribution in [-0.2, 0) is 6.18 Å². The second-order valence-electron chi connectivity index (χ2n) is 12.0. The summed E-state index contributed by atoms with van der Waals surface area (Å²) in [6.45, 7) is 6.17. The smallest absolute Gasteiger partial charge is 0.435 e. The molecule has 1 aromatic heterocycles. The average Bonchev–Trinajstić information content (AvgIpc) is 3.79. The molecule has 1 aliphatic carbocycles. The Balaban J connectivity index is 1.48. The molecular formula is C37H40F3N5O3. The molecule has 48 heavy (non-hydrogen) atoms. The molecule has 5 rings (SSSR count). The van der Waals surface area contributed by atoms with E-state index in [1.807, 2.05) is 36.4 Å². The molecule has 4 aromatic rings. The third-order valence-electron chi connectivity index (χ3n) is 8.05. The number of hydrogen-bond donors (Lipinski definition) is 2. The van der Waals surface area contributed by atoms with Crippen LogP contribution in [0.25, 0.3) is 5.69 Å². The molecule has 0 radical (unpaired) electrons. The van der Waals surface area contributed by atoms with Crippen molar-refractivity contribution in [3.05, 3.63) is 101 Å². The molecule has 1 atom stereocenters. The van der Waals surface area contributed by atoms with Crippen molar-refractivity contribution in [2.75, 3.05) is 25.1 Å². The first-order valence-electron chi connectivity index (χ1n) is 16.4. The van der Waals surface area contributed by atoms with Gasteiger partial charge in [-0.1, -0.05) is 44.9 Å². The Hall–Kier alpha value is -4.82. The van der Waals surface area contributed by atoms with E-state index in [1.54, 1.807) is 12.1 Å². The van der Waals surface area contributed by atoms with Crippen molar-refractivity contribution in [3.63, 3.8) is 0 Å². The van der Waals surface area contributed by atoms with Crippen LogP contribution in [0, 0.1) is 17.2 Å². The van der Waals surface area contributed by atoms with Gasteiger partial charge in [-0.3, -0.25) is 4.79 Å². The highest BCUT2D eigenvalue weighted by molar-refractivity contribution is 6.03. The number of rotatable bonds is 16. The molecule has 0 spiro atoms. The summed E-state index contributed by atoms with van der Waals surface area (Å²) in [5.74, 6) is 1.26. The Labute approximate surface area is 278 Å². The van der Waals surface area contributed by atoms with E-state index in [-0.39, 0.29) is 23.0 Å². The van der Waals surface area contributed by atoms with Crippen molar-refractivity contribution in [2.24, 2.45) is 5.92 Å². The van der Waals surface area contributed by atoms with E-state index in [0.29, 0.717) is 30.9 Å². The maximum absolute atomic E-state index is 13.7. The minimum absolute atomic E-state index is 0.157. The Morgan fingerprint density at radius 1 is 1.00 bits per heavy atom. The third kappa shape index (κ3) is 8.95. The van der Waals surface area contributed by atoms with Crippen LogP contribution in [0.5, 0.6) is 11.5 Å². The van der Waals surface area contributed by atoms with E-state index >= 15 is 0 Å². The van der Waals surface area contributed by atoms with Crippen molar-refractivity contribution >= 4 is 11.6 Å². The van der Waals surface area contributed by atoms with E-state index in [4.69, 9.17) is 9.47 Å². The van der Waals surface area contributed by atoms with Crippen LogP contribution >= 0.6 is 0 Å². The number of nitrogens with one attached hydrogen (secondary N) is 2. The lowest BCUT2D eigenvalue weighted by Crippen LogP contribution is -2.25. The van der Waals surface area contributed by atoms with Gasteiger partial charge < -0.3 is 20.1 Å². The average molecular weight is 660 g/mol. The fourth-order valence-corrected chi connectivity index (χ4v) is 5.22. The lowest BCUT2D eigenvalue weighted by atomic mass is 9.96. The van der Waals surface area contributed by atoms with Gasteiger partial charge in [0, 0.05) is 17.3 Å². The standard InChI is InChI=1S/C37H40F3N5O3/c1-3-5-17-47-30-15-16-33(48-18-6-4-2)31(21-30)35(42-24-25-13-14-25)27-10-8-11-28(20-27)43-36(46)32-22-34(37(38,39)40)44-45(32)29-12-7-9-26(19-29)23-41/h7-12,15-16,19-22,25,35,42H,3-6,13-14,17-18,24H2,1-2H3,(H,43,46). The van der Waals surface area contributed by atoms with E-state index in [9.17, 15) is 23.2 Å². The monoisotopic (exact) mass is 659 g/mol. The second kappa shape index (κ2) is 15.8. The number of nitriles is 1. The number of carbonyl (C=O) groups excluding carboxylic acids is 1. The van der Waals surface area contributed by atoms with Crippen molar-refractivity contribution in [1.82, 2.24) is 15.1 Å². The number of anilines is 1. The molecule has 2 N–H and O–H groups in total. The highest BCUT2D eigenvalue weighted by atomic mass is 19.4. The Morgan fingerprint density at radius 3 is 2.46 bits per heavy atom. The fourth-order valence-electron chi connectivity index (χ4n) is 5.22. The molecule has 1 aliphatic rings. The maximum atomic E-state index is 13.7. The lowest BCUT2D eigenvalue weighted by Gasteiger charge is -2.24. The maximum Gasteiger partial charge on any atom is 0.435 e. The lowest BCUT2D eigenvalue weighted by molar-refractivity contribution is -0.141. The van der Waals surface area contributed by atoms with Crippen LogP contribution in [0.4, 0.5) is 18.9 Å². The highest BCUT2D eigenvalue weighted by Gasteiger charge is 2.36. The van der Waals surface area contributed by atoms with Gasteiger partial charge in [0.15, 0.2) is 5.69 Å². The van der Waals surface area contributed by atoms with Gasteiger partial charge >= 0.3 is 6.18 Å². The van der Waals surface area contributed by atoms with Gasteiger partial charge in [-0.05, 0) is 92.2 Å². The van der Waals surface area contributed by atoms with Crippen LogP contribution < -0.4 is 20.1 Å². The predicted molar refractivity (Wildman–Crippen MR) is 177 cm³/mol. The van der Waals surface area contributed by atoms with Gasteiger partial charge in [0.05, 0.1) is 36.6 Å². The Bertz CT molecular complexity index is 1740. The number of nitrogens with zero attached hydrogens (tertiary/aromatic N) is 3. The molecule has 1 fully saturated rings. The first kappa shape index (κ1) is 34.5. The number of amides is 1. The van der Waals surface area contributed by atoms with Crippen LogP contribution in [0.15, 0.2) is 72.8 Å².